The fourth-order valence-corrected chi connectivity index (χ4v) is 0.782. The lowest BCUT2D eigenvalue weighted by atomic mass is 10.3. The van der Waals surface area contributed by atoms with Crippen LogP contribution in [0.25, 0.3) is 0 Å². The second-order valence-corrected chi connectivity index (χ2v) is 1.95. The quantitative estimate of drug-likeness (QED) is 0.514. The van der Waals surface area contributed by atoms with Crippen molar-refractivity contribution < 1.29 is 4.92 Å². The molecule has 0 fully saturated rings. The molecule has 0 bridgehead atoms. The Morgan fingerprint density at radius 1 is 1.73 bits per heavy atom. The molecule has 11 heavy (non-hydrogen) atoms. The normalized spacial score (nSPS) is 9.18. The molecule has 4 heteroatoms. The van der Waals surface area contributed by atoms with Crippen LogP contribution in [0.4, 0.5) is 11.4 Å². The molecule has 1 radical (unpaired) electrons. The summed E-state index contributed by atoms with van der Waals surface area (Å²) in [4.78, 5) is 9.90. The molecule has 0 saturated heterocycles. The zero-order chi connectivity index (χ0) is 8.27. The minimum Gasteiger partial charge on any atom is -0.383 e. The molecule has 1 N–H and O–H groups in total. The molecule has 1 rings (SSSR count). The molecule has 0 aliphatic carbocycles. The van der Waals surface area contributed by atoms with E-state index in [4.69, 9.17) is 0 Å². The highest BCUT2D eigenvalue weighted by Crippen LogP contribution is 2.21. The summed E-state index contributed by atoms with van der Waals surface area (Å²) in [6.07, 6.45) is 0. The highest BCUT2D eigenvalue weighted by Gasteiger charge is 2.09. The van der Waals surface area contributed by atoms with Crippen LogP contribution in [0, 0.1) is 16.2 Å². The van der Waals surface area contributed by atoms with Crippen LogP contribution in [0.5, 0.6) is 0 Å². The van der Waals surface area contributed by atoms with Gasteiger partial charge in [-0.2, -0.15) is 0 Å². The molecular weight excluding hydrogens is 144 g/mol. The number of hydrogen-bond donors (Lipinski definition) is 1. The average molecular weight is 151 g/mol. The topological polar surface area (TPSA) is 55.2 Å². The zero-order valence-corrected chi connectivity index (χ0v) is 6.00. The molecule has 0 amide bonds. The van der Waals surface area contributed by atoms with Crippen LogP contribution in [0.3, 0.4) is 0 Å². The summed E-state index contributed by atoms with van der Waals surface area (Å²) < 4.78 is 0. The SMILES string of the molecule is CNc1c[c]ccc1[N+](=O)[O-]. The number of hydrogen-bond acceptors (Lipinski definition) is 3. The van der Waals surface area contributed by atoms with Crippen molar-refractivity contribution in [1.29, 1.82) is 0 Å². The van der Waals surface area contributed by atoms with Gasteiger partial charge in [0.25, 0.3) is 5.69 Å². The molecule has 1 aromatic rings. The number of nitrogens with one attached hydrogen (secondary N) is 1. The first-order valence-electron chi connectivity index (χ1n) is 3.08. The third kappa shape index (κ3) is 1.46. The van der Waals surface area contributed by atoms with Crippen LogP contribution in [0.2, 0.25) is 0 Å². The molecule has 57 valence electrons. The highest BCUT2D eigenvalue weighted by atomic mass is 16.6. The van der Waals surface area contributed by atoms with Crippen molar-refractivity contribution in [3.63, 3.8) is 0 Å². The first kappa shape index (κ1) is 7.53. The van der Waals surface area contributed by atoms with E-state index in [1.165, 1.54) is 18.2 Å². The van der Waals surface area contributed by atoms with E-state index in [-0.39, 0.29) is 5.69 Å². The third-order valence-electron chi connectivity index (χ3n) is 1.31. The number of rotatable bonds is 2. The lowest BCUT2D eigenvalue weighted by molar-refractivity contribution is -0.383. The van der Waals surface area contributed by atoms with E-state index in [2.05, 4.69) is 11.4 Å². The number of nitro groups is 1. The van der Waals surface area contributed by atoms with Gasteiger partial charge in [-0.05, 0) is 18.2 Å². The van der Waals surface area contributed by atoms with E-state index in [1.54, 1.807) is 7.05 Å². The van der Waals surface area contributed by atoms with Gasteiger partial charge < -0.3 is 5.32 Å². The van der Waals surface area contributed by atoms with Crippen molar-refractivity contribution in [2.45, 2.75) is 0 Å². The average Bonchev–Trinajstić information content (AvgIpc) is 2.04. The monoisotopic (exact) mass is 151 g/mol. The summed E-state index contributed by atoms with van der Waals surface area (Å²) in [6, 6.07) is 7.20. The molecule has 0 saturated carbocycles. The van der Waals surface area contributed by atoms with Crippen molar-refractivity contribution in [2.24, 2.45) is 0 Å². The van der Waals surface area contributed by atoms with Gasteiger partial charge in [0.2, 0.25) is 0 Å². The fraction of sp³-hybridized carbons (Fsp3) is 0.143. The van der Waals surface area contributed by atoms with E-state index < -0.39 is 4.92 Å². The van der Waals surface area contributed by atoms with Crippen molar-refractivity contribution in [3.8, 4) is 0 Å². The van der Waals surface area contributed by atoms with E-state index in [0.717, 1.165) is 0 Å². The maximum atomic E-state index is 10.3. The molecular formula is C7H7N2O2. The molecule has 0 heterocycles. The van der Waals surface area contributed by atoms with E-state index in [0.29, 0.717) is 5.69 Å². The summed E-state index contributed by atoms with van der Waals surface area (Å²) in [5, 5.41) is 13.0. The van der Waals surface area contributed by atoms with Crippen molar-refractivity contribution in [1.82, 2.24) is 0 Å². The predicted molar refractivity (Wildman–Crippen MR) is 41.5 cm³/mol. The summed E-state index contributed by atoms with van der Waals surface area (Å²) in [5.41, 5.74) is 0.559. The zero-order valence-electron chi connectivity index (χ0n) is 6.00. The second-order valence-electron chi connectivity index (χ2n) is 1.95. The summed E-state index contributed by atoms with van der Waals surface area (Å²) >= 11 is 0. The first-order valence-corrected chi connectivity index (χ1v) is 3.08. The van der Waals surface area contributed by atoms with Crippen molar-refractivity contribution in [2.75, 3.05) is 12.4 Å². The number of nitrogens with zero attached hydrogens (tertiary/aromatic N) is 1. The highest BCUT2D eigenvalue weighted by molar-refractivity contribution is 5.60. The van der Waals surface area contributed by atoms with Gasteiger partial charge in [-0.1, -0.05) is 0 Å². The molecule has 4 nitrogen and oxygen atoms in total. The Balaban J connectivity index is 3.12. The standard InChI is InChI=1S/C7H7N2O2/c1-8-6-4-2-3-5-7(6)9(10)11/h3-5,8H,1H3. The van der Waals surface area contributed by atoms with Gasteiger partial charge in [0.05, 0.1) is 4.92 Å². The van der Waals surface area contributed by atoms with Gasteiger partial charge in [0, 0.05) is 13.1 Å². The Hall–Kier alpha value is -1.58. The molecule has 0 spiro atoms. The van der Waals surface area contributed by atoms with E-state index in [9.17, 15) is 10.1 Å². The number of benzene rings is 1. The van der Waals surface area contributed by atoms with Gasteiger partial charge in [-0.15, -0.1) is 0 Å². The Morgan fingerprint density at radius 2 is 2.45 bits per heavy atom. The van der Waals surface area contributed by atoms with Gasteiger partial charge in [0.1, 0.15) is 5.69 Å². The van der Waals surface area contributed by atoms with Crippen LogP contribution >= 0.6 is 0 Å². The molecule has 0 aromatic heterocycles. The number of anilines is 1. The number of nitro benzene ring substituents is 1. The summed E-state index contributed by atoms with van der Waals surface area (Å²) in [6.45, 7) is 0. The Bertz CT molecular complexity index is 273. The lowest BCUT2D eigenvalue weighted by Crippen LogP contribution is -1.95. The van der Waals surface area contributed by atoms with E-state index >= 15 is 0 Å². The molecule has 0 atom stereocenters. The van der Waals surface area contributed by atoms with Gasteiger partial charge in [-0.3, -0.25) is 10.1 Å². The lowest BCUT2D eigenvalue weighted by Gasteiger charge is -1.98. The van der Waals surface area contributed by atoms with Crippen molar-refractivity contribution in [3.05, 3.63) is 34.4 Å². The maximum absolute atomic E-state index is 10.3. The largest absolute Gasteiger partial charge is 0.383 e. The minimum absolute atomic E-state index is 0.0752. The van der Waals surface area contributed by atoms with E-state index in [1.807, 2.05) is 0 Å². The third-order valence-corrected chi connectivity index (χ3v) is 1.31. The second kappa shape index (κ2) is 3.01. The van der Waals surface area contributed by atoms with Crippen LogP contribution in [0.1, 0.15) is 0 Å². The van der Waals surface area contributed by atoms with Gasteiger partial charge in [-0.25, -0.2) is 0 Å². The Kier molecular flexibility index (Phi) is 2.06. The van der Waals surface area contributed by atoms with Crippen molar-refractivity contribution >= 4 is 11.4 Å². The summed E-state index contributed by atoms with van der Waals surface area (Å²) in [5.74, 6) is 0. The molecule has 0 aliphatic rings. The van der Waals surface area contributed by atoms with Gasteiger partial charge >= 0.3 is 0 Å². The van der Waals surface area contributed by atoms with Crippen LogP contribution < -0.4 is 5.32 Å². The molecule has 1 aromatic carbocycles. The Labute approximate surface area is 64.0 Å². The minimum atomic E-state index is -0.431. The fourth-order valence-electron chi connectivity index (χ4n) is 0.782. The molecule has 0 aliphatic heterocycles. The first-order chi connectivity index (χ1) is 5.25. The predicted octanol–water partition coefficient (Wildman–Crippen LogP) is 1.44. The van der Waals surface area contributed by atoms with Crippen LogP contribution in [-0.4, -0.2) is 12.0 Å². The summed E-state index contributed by atoms with van der Waals surface area (Å²) in [7, 11) is 1.64. The maximum Gasteiger partial charge on any atom is 0.292 e. The smallest absolute Gasteiger partial charge is 0.292 e. The van der Waals surface area contributed by atoms with Gasteiger partial charge in [0.15, 0.2) is 0 Å². The van der Waals surface area contributed by atoms with Crippen LogP contribution in [-0.2, 0) is 0 Å². The molecule has 0 unspecified atom stereocenters. The van der Waals surface area contributed by atoms with Crippen LogP contribution in [0.15, 0.2) is 18.2 Å². The Morgan fingerprint density at radius 3 is 2.91 bits per heavy atom.